The first kappa shape index (κ1) is 17.5. The molecule has 5 nitrogen and oxygen atoms in total. The van der Waals surface area contributed by atoms with Gasteiger partial charge in [0.2, 0.25) is 0 Å². The Kier molecular flexibility index (Phi) is 5.06. The monoisotopic (exact) mass is 375 g/mol. The molecule has 7 heteroatoms. The van der Waals surface area contributed by atoms with Gasteiger partial charge in [0.15, 0.2) is 0 Å². The maximum Gasteiger partial charge on any atom is 0.270 e. The van der Waals surface area contributed by atoms with Crippen molar-refractivity contribution in [2.75, 3.05) is 25.0 Å². The van der Waals surface area contributed by atoms with Gasteiger partial charge in [0.25, 0.3) is 5.69 Å². The lowest BCUT2D eigenvalue weighted by molar-refractivity contribution is -0.384. The molecule has 25 heavy (non-hydrogen) atoms. The molecule has 2 aromatic rings. The normalized spacial score (nSPS) is 14.2. The minimum absolute atomic E-state index is 0.0460. The molecule has 0 N–H and O–H groups in total. The number of nitro groups is 1. The standard InChI is InChI=1S/C18H15Cl2N3O2/c1-22-9-8-21-17(6-3-12-2-5-15(19)16(20)10-12)14-11-13(23(24)25)4-7-18(14)22/h2-7,10-11H,8-9H2,1H3. The number of nitro benzene ring substituents is 1. The van der Waals surface area contributed by atoms with Crippen molar-refractivity contribution >= 4 is 46.4 Å². The van der Waals surface area contributed by atoms with Crippen molar-refractivity contribution in [1.82, 2.24) is 0 Å². The fourth-order valence-electron chi connectivity index (χ4n) is 2.64. The van der Waals surface area contributed by atoms with Crippen molar-refractivity contribution in [2.24, 2.45) is 4.99 Å². The molecule has 2 aromatic carbocycles. The van der Waals surface area contributed by atoms with E-state index in [4.69, 9.17) is 23.2 Å². The van der Waals surface area contributed by atoms with Crippen LogP contribution in [0.4, 0.5) is 11.4 Å². The molecule has 0 spiro atoms. The highest BCUT2D eigenvalue weighted by Crippen LogP contribution is 2.28. The highest BCUT2D eigenvalue weighted by molar-refractivity contribution is 6.42. The molecule has 128 valence electrons. The molecular formula is C18H15Cl2N3O2. The summed E-state index contributed by atoms with van der Waals surface area (Å²) in [4.78, 5) is 17.3. The zero-order chi connectivity index (χ0) is 18.0. The zero-order valence-electron chi connectivity index (χ0n) is 13.4. The second-order valence-electron chi connectivity index (χ2n) is 5.65. The number of anilines is 1. The van der Waals surface area contributed by atoms with Crippen molar-refractivity contribution < 1.29 is 4.92 Å². The molecule has 0 aromatic heterocycles. The van der Waals surface area contributed by atoms with E-state index in [2.05, 4.69) is 4.99 Å². The Hall–Kier alpha value is -2.37. The Balaban J connectivity index is 2.01. The van der Waals surface area contributed by atoms with E-state index in [0.717, 1.165) is 23.4 Å². The summed E-state index contributed by atoms with van der Waals surface area (Å²) in [5.74, 6) is 0. The van der Waals surface area contributed by atoms with Crippen LogP contribution in [0.5, 0.6) is 0 Å². The van der Waals surface area contributed by atoms with Crippen molar-refractivity contribution in [1.29, 1.82) is 0 Å². The lowest BCUT2D eigenvalue weighted by Gasteiger charge is -2.18. The lowest BCUT2D eigenvalue weighted by Crippen LogP contribution is -2.20. The van der Waals surface area contributed by atoms with Crippen LogP contribution < -0.4 is 4.90 Å². The molecule has 1 aliphatic rings. The first-order valence-electron chi connectivity index (χ1n) is 7.63. The van der Waals surface area contributed by atoms with E-state index in [1.807, 2.05) is 30.2 Å². The first-order valence-corrected chi connectivity index (χ1v) is 8.39. The van der Waals surface area contributed by atoms with E-state index >= 15 is 0 Å². The Labute approximate surface area is 155 Å². The fraction of sp³-hybridized carbons (Fsp3) is 0.167. The average molecular weight is 376 g/mol. The predicted octanol–water partition coefficient (Wildman–Crippen LogP) is 4.85. The summed E-state index contributed by atoms with van der Waals surface area (Å²) in [6, 6.07) is 10.2. The third kappa shape index (κ3) is 3.83. The zero-order valence-corrected chi connectivity index (χ0v) is 15.0. The Morgan fingerprint density at radius 1 is 1.16 bits per heavy atom. The third-order valence-electron chi connectivity index (χ3n) is 3.97. The molecule has 0 bridgehead atoms. The van der Waals surface area contributed by atoms with Crippen LogP contribution in [0.15, 0.2) is 47.5 Å². The topological polar surface area (TPSA) is 58.7 Å². The van der Waals surface area contributed by atoms with Crippen LogP contribution in [-0.2, 0) is 0 Å². The molecule has 0 atom stereocenters. The molecule has 1 heterocycles. The van der Waals surface area contributed by atoms with Crippen LogP contribution in [0.2, 0.25) is 10.0 Å². The van der Waals surface area contributed by atoms with Gasteiger partial charge in [-0.05, 0) is 29.8 Å². The molecular weight excluding hydrogens is 361 g/mol. The van der Waals surface area contributed by atoms with Crippen LogP contribution in [-0.4, -0.2) is 30.8 Å². The number of allylic oxidation sites excluding steroid dienone is 1. The van der Waals surface area contributed by atoms with Crippen LogP contribution in [0.25, 0.3) is 6.08 Å². The second-order valence-corrected chi connectivity index (χ2v) is 6.47. The van der Waals surface area contributed by atoms with Crippen molar-refractivity contribution in [3.8, 4) is 0 Å². The molecule has 0 saturated heterocycles. The smallest absolute Gasteiger partial charge is 0.270 e. The van der Waals surface area contributed by atoms with Crippen molar-refractivity contribution in [3.63, 3.8) is 0 Å². The van der Waals surface area contributed by atoms with Crippen LogP contribution in [0, 0.1) is 10.1 Å². The molecule has 0 unspecified atom stereocenters. The van der Waals surface area contributed by atoms with Gasteiger partial charge in [0.1, 0.15) is 0 Å². The molecule has 0 amide bonds. The number of halogens is 2. The SMILES string of the molecule is CN1CCN=C(C=Cc2ccc(Cl)c(Cl)c2)c2cc([N+](=O)[O-])ccc21. The highest BCUT2D eigenvalue weighted by Gasteiger charge is 2.18. The lowest BCUT2D eigenvalue weighted by atomic mass is 10.0. The van der Waals surface area contributed by atoms with E-state index in [9.17, 15) is 10.1 Å². The molecule has 0 fully saturated rings. The summed E-state index contributed by atoms with van der Waals surface area (Å²) < 4.78 is 0. The number of hydrogen-bond acceptors (Lipinski definition) is 4. The highest BCUT2D eigenvalue weighted by atomic mass is 35.5. The third-order valence-corrected chi connectivity index (χ3v) is 4.71. The number of aliphatic imine (C=N–C) groups is 1. The van der Waals surface area contributed by atoms with Gasteiger partial charge in [-0.3, -0.25) is 15.1 Å². The van der Waals surface area contributed by atoms with Gasteiger partial charge >= 0.3 is 0 Å². The number of benzene rings is 2. The number of likely N-dealkylation sites (N-methyl/N-ethyl adjacent to an activating group) is 1. The van der Waals surface area contributed by atoms with Gasteiger partial charge in [-0.1, -0.05) is 35.3 Å². The number of rotatable bonds is 3. The van der Waals surface area contributed by atoms with Crippen molar-refractivity contribution in [2.45, 2.75) is 0 Å². The summed E-state index contributed by atoms with van der Waals surface area (Å²) in [6.45, 7) is 1.36. The van der Waals surface area contributed by atoms with Crippen LogP contribution >= 0.6 is 23.2 Å². The van der Waals surface area contributed by atoms with Gasteiger partial charge in [-0.2, -0.15) is 0 Å². The maximum atomic E-state index is 11.1. The number of fused-ring (bicyclic) bond motifs is 1. The van der Waals surface area contributed by atoms with E-state index in [1.54, 1.807) is 24.3 Å². The Bertz CT molecular complexity index is 894. The summed E-state index contributed by atoms with van der Waals surface area (Å²) in [5, 5.41) is 12.1. The molecule has 1 aliphatic heterocycles. The van der Waals surface area contributed by atoms with Crippen LogP contribution in [0.3, 0.4) is 0 Å². The molecule has 3 rings (SSSR count). The largest absolute Gasteiger partial charge is 0.372 e. The summed E-state index contributed by atoms with van der Waals surface area (Å²) in [6.07, 6.45) is 3.72. The van der Waals surface area contributed by atoms with E-state index < -0.39 is 4.92 Å². The van der Waals surface area contributed by atoms with Crippen LogP contribution in [0.1, 0.15) is 11.1 Å². The fourth-order valence-corrected chi connectivity index (χ4v) is 2.94. The number of nitrogens with zero attached hydrogens (tertiary/aromatic N) is 3. The minimum Gasteiger partial charge on any atom is -0.372 e. The molecule has 0 radical (unpaired) electrons. The predicted molar refractivity (Wildman–Crippen MR) is 103 cm³/mol. The number of hydrogen-bond donors (Lipinski definition) is 0. The molecule has 0 aliphatic carbocycles. The van der Waals surface area contributed by atoms with Gasteiger partial charge in [0, 0.05) is 37.0 Å². The number of non-ortho nitro benzene ring substituents is 1. The quantitative estimate of drug-likeness (QED) is 0.568. The number of benzodiazepines with no additional fused rings is 1. The summed E-state index contributed by atoms with van der Waals surface area (Å²) in [5.41, 5.74) is 3.28. The van der Waals surface area contributed by atoms with E-state index in [0.29, 0.717) is 22.3 Å². The van der Waals surface area contributed by atoms with Gasteiger partial charge < -0.3 is 4.90 Å². The molecule has 0 saturated carbocycles. The Morgan fingerprint density at radius 2 is 1.96 bits per heavy atom. The van der Waals surface area contributed by atoms with Gasteiger partial charge in [0.05, 0.1) is 27.2 Å². The Morgan fingerprint density at radius 3 is 2.68 bits per heavy atom. The second kappa shape index (κ2) is 7.25. The first-order chi connectivity index (χ1) is 12.0. The van der Waals surface area contributed by atoms with Gasteiger partial charge in [-0.25, -0.2) is 0 Å². The summed E-state index contributed by atoms with van der Waals surface area (Å²) >= 11 is 12.0. The van der Waals surface area contributed by atoms with Crippen molar-refractivity contribution in [3.05, 3.63) is 73.8 Å². The summed E-state index contributed by atoms with van der Waals surface area (Å²) in [7, 11) is 1.95. The average Bonchev–Trinajstić information content (AvgIpc) is 2.74. The minimum atomic E-state index is -0.397. The van der Waals surface area contributed by atoms with E-state index in [1.165, 1.54) is 6.07 Å². The van der Waals surface area contributed by atoms with E-state index in [-0.39, 0.29) is 5.69 Å². The maximum absolute atomic E-state index is 11.1. The van der Waals surface area contributed by atoms with Gasteiger partial charge in [-0.15, -0.1) is 0 Å².